The Morgan fingerprint density at radius 2 is 2.06 bits per heavy atom. The van der Waals surface area contributed by atoms with E-state index in [1.165, 1.54) is 12.1 Å². The molecule has 1 aromatic carbocycles. The minimum Gasteiger partial charge on any atom is -0.328 e. The standard InChI is InChI=1S/C10H5BrF2N2S/c11-6-3-1-2-5(8(6)13)9-7(12)4-14-10(16)15-9/h1-4H,(H,14,15,16). The summed E-state index contributed by atoms with van der Waals surface area (Å²) in [5.74, 6) is -1.19. The Bertz CT molecular complexity index is 598. The summed E-state index contributed by atoms with van der Waals surface area (Å²) in [5.41, 5.74) is 0.110. The van der Waals surface area contributed by atoms with E-state index in [2.05, 4.69) is 25.9 Å². The van der Waals surface area contributed by atoms with Crippen molar-refractivity contribution in [2.24, 2.45) is 0 Å². The normalized spacial score (nSPS) is 10.4. The number of hydrogen-bond acceptors (Lipinski definition) is 2. The molecular formula is C10H5BrF2N2S. The van der Waals surface area contributed by atoms with E-state index in [1.54, 1.807) is 6.07 Å². The molecule has 0 saturated carbocycles. The maximum absolute atomic E-state index is 13.7. The van der Waals surface area contributed by atoms with Crippen molar-refractivity contribution in [1.82, 2.24) is 9.97 Å². The second-order valence-electron chi connectivity index (χ2n) is 3.01. The van der Waals surface area contributed by atoms with Gasteiger partial charge in [0.1, 0.15) is 5.82 Å². The van der Waals surface area contributed by atoms with Crippen molar-refractivity contribution >= 4 is 28.1 Å². The lowest BCUT2D eigenvalue weighted by Gasteiger charge is -2.05. The molecule has 0 spiro atoms. The van der Waals surface area contributed by atoms with Gasteiger partial charge in [-0.3, -0.25) is 0 Å². The first-order valence-corrected chi connectivity index (χ1v) is 5.49. The lowest BCUT2D eigenvalue weighted by Crippen LogP contribution is -1.95. The quantitative estimate of drug-likeness (QED) is 0.811. The zero-order valence-electron chi connectivity index (χ0n) is 7.80. The second kappa shape index (κ2) is 4.39. The van der Waals surface area contributed by atoms with Crippen LogP contribution < -0.4 is 0 Å². The largest absolute Gasteiger partial charge is 0.328 e. The number of benzene rings is 1. The van der Waals surface area contributed by atoms with Gasteiger partial charge in [0, 0.05) is 5.56 Å². The van der Waals surface area contributed by atoms with Gasteiger partial charge in [-0.25, -0.2) is 13.8 Å². The van der Waals surface area contributed by atoms with Crippen LogP contribution in [0.25, 0.3) is 11.3 Å². The van der Waals surface area contributed by atoms with Gasteiger partial charge in [-0.15, -0.1) is 0 Å². The van der Waals surface area contributed by atoms with Gasteiger partial charge in [0.25, 0.3) is 0 Å². The Morgan fingerprint density at radius 1 is 1.31 bits per heavy atom. The van der Waals surface area contributed by atoms with E-state index in [4.69, 9.17) is 12.2 Å². The molecule has 0 aliphatic heterocycles. The van der Waals surface area contributed by atoms with Crippen LogP contribution >= 0.6 is 28.1 Å². The first kappa shape index (κ1) is 11.3. The third kappa shape index (κ3) is 2.03. The monoisotopic (exact) mass is 302 g/mol. The second-order valence-corrected chi connectivity index (χ2v) is 4.25. The smallest absolute Gasteiger partial charge is 0.197 e. The predicted molar refractivity (Wildman–Crippen MR) is 62.5 cm³/mol. The molecular weight excluding hydrogens is 298 g/mol. The van der Waals surface area contributed by atoms with Crippen LogP contribution in [0.1, 0.15) is 0 Å². The summed E-state index contributed by atoms with van der Waals surface area (Å²) in [6.45, 7) is 0. The fourth-order valence-electron chi connectivity index (χ4n) is 1.27. The van der Waals surface area contributed by atoms with Crippen molar-refractivity contribution in [3.8, 4) is 11.3 Å². The highest BCUT2D eigenvalue weighted by atomic mass is 79.9. The Morgan fingerprint density at radius 3 is 2.81 bits per heavy atom. The minimum atomic E-state index is -0.648. The lowest BCUT2D eigenvalue weighted by atomic mass is 10.1. The lowest BCUT2D eigenvalue weighted by molar-refractivity contribution is 0.603. The number of halogens is 3. The number of aromatic nitrogens is 2. The Labute approximate surface area is 103 Å². The maximum atomic E-state index is 13.7. The molecule has 6 heteroatoms. The van der Waals surface area contributed by atoms with E-state index in [9.17, 15) is 8.78 Å². The van der Waals surface area contributed by atoms with E-state index >= 15 is 0 Å². The molecule has 0 bridgehead atoms. The SMILES string of the molecule is Fc1cnc(=S)[nH]c1-c1cccc(Br)c1F. The van der Waals surface area contributed by atoms with Crippen molar-refractivity contribution in [1.29, 1.82) is 0 Å². The first-order valence-electron chi connectivity index (χ1n) is 4.29. The van der Waals surface area contributed by atoms with Gasteiger partial charge in [0.2, 0.25) is 0 Å². The summed E-state index contributed by atoms with van der Waals surface area (Å²) in [7, 11) is 0. The van der Waals surface area contributed by atoms with Crippen LogP contribution in [0.3, 0.4) is 0 Å². The average Bonchev–Trinajstić information content (AvgIpc) is 2.26. The summed E-state index contributed by atoms with van der Waals surface area (Å²) in [4.78, 5) is 6.09. The molecule has 1 N–H and O–H groups in total. The molecule has 0 radical (unpaired) electrons. The van der Waals surface area contributed by atoms with Crippen molar-refractivity contribution in [3.63, 3.8) is 0 Å². The molecule has 0 amide bonds. The molecule has 0 saturated heterocycles. The van der Waals surface area contributed by atoms with Crippen molar-refractivity contribution < 1.29 is 8.78 Å². The minimum absolute atomic E-state index is 0.00111. The Hall–Kier alpha value is -1.14. The van der Waals surface area contributed by atoms with Gasteiger partial charge in [-0.2, -0.15) is 0 Å². The zero-order chi connectivity index (χ0) is 11.7. The molecule has 0 unspecified atom stereocenters. The van der Waals surface area contributed by atoms with E-state index in [-0.39, 0.29) is 20.5 Å². The molecule has 1 aromatic heterocycles. The summed E-state index contributed by atoms with van der Waals surface area (Å²) in [5, 5.41) is 0. The summed E-state index contributed by atoms with van der Waals surface area (Å²) in [6, 6.07) is 4.61. The number of aromatic amines is 1. The van der Waals surface area contributed by atoms with Crippen LogP contribution in [0.15, 0.2) is 28.9 Å². The fourth-order valence-corrected chi connectivity index (χ4v) is 1.79. The molecule has 16 heavy (non-hydrogen) atoms. The van der Waals surface area contributed by atoms with Gasteiger partial charge < -0.3 is 4.98 Å². The van der Waals surface area contributed by atoms with Gasteiger partial charge in [0.05, 0.1) is 16.4 Å². The topological polar surface area (TPSA) is 28.7 Å². The maximum Gasteiger partial charge on any atom is 0.197 e. The molecule has 82 valence electrons. The molecule has 2 rings (SSSR count). The third-order valence-corrected chi connectivity index (χ3v) is 2.81. The zero-order valence-corrected chi connectivity index (χ0v) is 10.2. The van der Waals surface area contributed by atoms with Crippen molar-refractivity contribution in [2.75, 3.05) is 0 Å². The summed E-state index contributed by atoms with van der Waals surface area (Å²) in [6.07, 6.45) is 0.967. The van der Waals surface area contributed by atoms with Crippen LogP contribution in [0.4, 0.5) is 8.78 Å². The average molecular weight is 303 g/mol. The molecule has 2 nitrogen and oxygen atoms in total. The molecule has 1 heterocycles. The van der Waals surface area contributed by atoms with Gasteiger partial charge in [-0.05, 0) is 40.3 Å². The van der Waals surface area contributed by atoms with E-state index in [1.807, 2.05) is 0 Å². The molecule has 0 atom stereocenters. The molecule has 0 aliphatic rings. The highest BCUT2D eigenvalue weighted by Gasteiger charge is 2.12. The predicted octanol–water partition coefficient (Wildman–Crippen LogP) is 3.85. The Balaban J connectivity index is 2.72. The van der Waals surface area contributed by atoms with Gasteiger partial charge >= 0.3 is 0 Å². The fraction of sp³-hybridized carbons (Fsp3) is 0. The van der Waals surface area contributed by atoms with E-state index < -0.39 is 11.6 Å². The summed E-state index contributed by atoms with van der Waals surface area (Å²) < 4.78 is 27.5. The highest BCUT2D eigenvalue weighted by molar-refractivity contribution is 9.10. The molecule has 0 aliphatic carbocycles. The number of nitrogens with zero attached hydrogens (tertiary/aromatic N) is 1. The van der Waals surface area contributed by atoms with Crippen LogP contribution in [-0.2, 0) is 0 Å². The van der Waals surface area contributed by atoms with Crippen LogP contribution in [0.5, 0.6) is 0 Å². The third-order valence-electron chi connectivity index (χ3n) is 1.99. The molecule has 2 aromatic rings. The van der Waals surface area contributed by atoms with Gasteiger partial charge in [-0.1, -0.05) is 6.07 Å². The highest BCUT2D eigenvalue weighted by Crippen LogP contribution is 2.27. The van der Waals surface area contributed by atoms with Crippen LogP contribution in [0.2, 0.25) is 0 Å². The number of rotatable bonds is 1. The summed E-state index contributed by atoms with van der Waals surface area (Å²) >= 11 is 7.80. The van der Waals surface area contributed by atoms with E-state index in [0.717, 1.165) is 6.20 Å². The van der Waals surface area contributed by atoms with Crippen molar-refractivity contribution in [2.45, 2.75) is 0 Å². The first-order chi connectivity index (χ1) is 7.59. The Kier molecular flexibility index (Phi) is 3.11. The van der Waals surface area contributed by atoms with E-state index in [0.29, 0.717) is 0 Å². The van der Waals surface area contributed by atoms with Crippen LogP contribution in [-0.4, -0.2) is 9.97 Å². The number of nitrogens with one attached hydrogen (secondary N) is 1. The van der Waals surface area contributed by atoms with Crippen molar-refractivity contribution in [3.05, 3.63) is 45.3 Å². The van der Waals surface area contributed by atoms with Crippen LogP contribution in [0, 0.1) is 16.4 Å². The number of H-pyrrole nitrogens is 1. The van der Waals surface area contributed by atoms with Gasteiger partial charge in [0.15, 0.2) is 10.6 Å². The molecule has 0 fully saturated rings. The number of hydrogen-bond donors (Lipinski definition) is 1.